The number of carbonyl (C=O) groups is 2. The van der Waals surface area contributed by atoms with Crippen molar-refractivity contribution >= 4 is 11.8 Å². The molecule has 1 N–H and O–H groups in total. The molecule has 4 nitrogen and oxygen atoms in total. The van der Waals surface area contributed by atoms with Gasteiger partial charge in [-0.3, -0.25) is 9.59 Å². The quantitative estimate of drug-likeness (QED) is 0.929. The zero-order chi connectivity index (χ0) is 15.8. The van der Waals surface area contributed by atoms with Crippen molar-refractivity contribution < 1.29 is 9.59 Å². The first-order valence-electron chi connectivity index (χ1n) is 8.88. The zero-order valence-electron chi connectivity index (χ0n) is 13.4. The number of nitrogens with one attached hydrogen (secondary N) is 1. The summed E-state index contributed by atoms with van der Waals surface area (Å²) in [7, 11) is 0. The molecule has 0 aromatic heterocycles. The molecule has 2 atom stereocenters. The molecule has 23 heavy (non-hydrogen) atoms. The van der Waals surface area contributed by atoms with Crippen LogP contribution >= 0.6 is 0 Å². The molecule has 0 spiro atoms. The van der Waals surface area contributed by atoms with E-state index in [-0.39, 0.29) is 29.7 Å². The number of hydrogen-bond donors (Lipinski definition) is 1. The SMILES string of the molecule is O=C(NC1CC1)C1CCC(c2ccccc2)N(C(=O)C2CC2)C1. The Morgan fingerprint density at radius 3 is 2.26 bits per heavy atom. The van der Waals surface area contributed by atoms with Crippen molar-refractivity contribution in [2.24, 2.45) is 11.8 Å². The Bertz CT molecular complexity index is 593. The van der Waals surface area contributed by atoms with E-state index in [0.29, 0.717) is 12.6 Å². The van der Waals surface area contributed by atoms with Crippen molar-refractivity contribution in [3.63, 3.8) is 0 Å². The number of rotatable bonds is 4. The van der Waals surface area contributed by atoms with Crippen LogP contribution in [0.5, 0.6) is 0 Å². The van der Waals surface area contributed by atoms with Crippen molar-refractivity contribution in [1.82, 2.24) is 10.2 Å². The van der Waals surface area contributed by atoms with Gasteiger partial charge in [0, 0.05) is 18.5 Å². The van der Waals surface area contributed by atoms with E-state index in [1.54, 1.807) is 0 Å². The second-order valence-corrected chi connectivity index (χ2v) is 7.25. The first-order valence-corrected chi connectivity index (χ1v) is 8.88. The van der Waals surface area contributed by atoms with Crippen LogP contribution < -0.4 is 5.32 Å². The Hall–Kier alpha value is -1.84. The molecule has 1 aliphatic heterocycles. The van der Waals surface area contributed by atoms with Crippen LogP contribution in [0.4, 0.5) is 0 Å². The molecule has 4 rings (SSSR count). The summed E-state index contributed by atoms with van der Waals surface area (Å²) in [6.45, 7) is 0.577. The molecule has 1 aromatic rings. The lowest BCUT2D eigenvalue weighted by molar-refractivity contribution is -0.140. The zero-order valence-corrected chi connectivity index (χ0v) is 13.4. The number of hydrogen-bond acceptors (Lipinski definition) is 2. The molecular formula is C19H24N2O2. The third kappa shape index (κ3) is 3.26. The number of carbonyl (C=O) groups excluding carboxylic acids is 2. The van der Waals surface area contributed by atoms with Crippen LogP contribution in [0.1, 0.15) is 50.1 Å². The van der Waals surface area contributed by atoms with Gasteiger partial charge in [0.15, 0.2) is 0 Å². The molecule has 2 amide bonds. The molecule has 2 unspecified atom stereocenters. The van der Waals surface area contributed by atoms with Crippen LogP contribution in [0.15, 0.2) is 30.3 Å². The number of benzene rings is 1. The van der Waals surface area contributed by atoms with Crippen molar-refractivity contribution in [3.8, 4) is 0 Å². The van der Waals surface area contributed by atoms with Gasteiger partial charge in [0.25, 0.3) is 0 Å². The summed E-state index contributed by atoms with van der Waals surface area (Å²) in [5.41, 5.74) is 1.20. The highest BCUT2D eigenvalue weighted by molar-refractivity contribution is 5.84. The summed E-state index contributed by atoms with van der Waals surface area (Å²) in [6, 6.07) is 10.8. The van der Waals surface area contributed by atoms with E-state index < -0.39 is 0 Å². The second-order valence-electron chi connectivity index (χ2n) is 7.25. The molecule has 4 heteroatoms. The smallest absolute Gasteiger partial charge is 0.226 e. The van der Waals surface area contributed by atoms with E-state index in [9.17, 15) is 9.59 Å². The average molecular weight is 312 g/mol. The second kappa shape index (κ2) is 5.99. The van der Waals surface area contributed by atoms with E-state index >= 15 is 0 Å². The van der Waals surface area contributed by atoms with Gasteiger partial charge in [0.2, 0.25) is 11.8 Å². The predicted molar refractivity (Wildman–Crippen MR) is 87.5 cm³/mol. The van der Waals surface area contributed by atoms with Crippen LogP contribution in [0, 0.1) is 11.8 Å². The van der Waals surface area contributed by atoms with Crippen molar-refractivity contribution in [1.29, 1.82) is 0 Å². The predicted octanol–water partition coefficient (Wildman–Crippen LogP) is 2.65. The molecule has 1 aromatic carbocycles. The number of nitrogens with zero attached hydrogens (tertiary/aromatic N) is 1. The van der Waals surface area contributed by atoms with Gasteiger partial charge in [-0.1, -0.05) is 30.3 Å². The summed E-state index contributed by atoms with van der Waals surface area (Å²) < 4.78 is 0. The summed E-state index contributed by atoms with van der Waals surface area (Å²) in [5.74, 6) is 0.556. The van der Waals surface area contributed by atoms with E-state index in [4.69, 9.17) is 0 Å². The summed E-state index contributed by atoms with van der Waals surface area (Å²) >= 11 is 0. The highest BCUT2D eigenvalue weighted by Gasteiger charge is 2.41. The maximum Gasteiger partial charge on any atom is 0.226 e. The van der Waals surface area contributed by atoms with Crippen LogP contribution in [-0.2, 0) is 9.59 Å². The molecular weight excluding hydrogens is 288 g/mol. The lowest BCUT2D eigenvalue weighted by Gasteiger charge is -2.39. The number of likely N-dealkylation sites (tertiary alicyclic amines) is 1. The van der Waals surface area contributed by atoms with Crippen molar-refractivity contribution in [2.75, 3.05) is 6.54 Å². The Morgan fingerprint density at radius 2 is 1.61 bits per heavy atom. The Morgan fingerprint density at radius 1 is 0.913 bits per heavy atom. The summed E-state index contributed by atoms with van der Waals surface area (Å²) in [6.07, 6.45) is 5.98. The molecule has 3 aliphatic rings. The van der Waals surface area contributed by atoms with E-state index in [1.165, 1.54) is 5.56 Å². The van der Waals surface area contributed by atoms with E-state index in [2.05, 4.69) is 17.4 Å². The molecule has 0 radical (unpaired) electrons. The Balaban J connectivity index is 1.51. The molecule has 2 aliphatic carbocycles. The lowest BCUT2D eigenvalue weighted by atomic mass is 9.88. The van der Waals surface area contributed by atoms with Gasteiger partial charge < -0.3 is 10.2 Å². The molecule has 2 saturated carbocycles. The first-order chi connectivity index (χ1) is 11.2. The maximum absolute atomic E-state index is 12.7. The first kappa shape index (κ1) is 14.7. The Labute approximate surface area is 137 Å². The third-order valence-corrected chi connectivity index (χ3v) is 5.27. The fourth-order valence-corrected chi connectivity index (χ4v) is 3.56. The summed E-state index contributed by atoms with van der Waals surface area (Å²) in [4.78, 5) is 27.1. The fourth-order valence-electron chi connectivity index (χ4n) is 3.56. The normalized spacial score (nSPS) is 27.6. The number of piperidine rings is 1. The molecule has 1 saturated heterocycles. The van der Waals surface area contributed by atoms with Crippen LogP contribution in [-0.4, -0.2) is 29.3 Å². The van der Waals surface area contributed by atoms with Gasteiger partial charge >= 0.3 is 0 Å². The van der Waals surface area contributed by atoms with Gasteiger partial charge in [0.05, 0.1) is 12.0 Å². The minimum Gasteiger partial charge on any atom is -0.353 e. The van der Waals surface area contributed by atoms with E-state index in [0.717, 1.165) is 38.5 Å². The monoisotopic (exact) mass is 312 g/mol. The van der Waals surface area contributed by atoms with Gasteiger partial charge in [-0.05, 0) is 44.1 Å². The van der Waals surface area contributed by atoms with Gasteiger partial charge in [-0.15, -0.1) is 0 Å². The van der Waals surface area contributed by atoms with E-state index in [1.807, 2.05) is 23.1 Å². The van der Waals surface area contributed by atoms with Crippen LogP contribution in [0.25, 0.3) is 0 Å². The third-order valence-electron chi connectivity index (χ3n) is 5.27. The minimum atomic E-state index is -0.0433. The largest absolute Gasteiger partial charge is 0.353 e. The minimum absolute atomic E-state index is 0.0433. The van der Waals surface area contributed by atoms with Crippen molar-refractivity contribution in [3.05, 3.63) is 35.9 Å². The average Bonchev–Trinajstić information content (AvgIpc) is 3.47. The highest BCUT2D eigenvalue weighted by Crippen LogP contribution is 2.39. The lowest BCUT2D eigenvalue weighted by Crippen LogP contribution is -2.47. The van der Waals surface area contributed by atoms with Gasteiger partial charge in [-0.25, -0.2) is 0 Å². The Kier molecular flexibility index (Phi) is 3.83. The van der Waals surface area contributed by atoms with Crippen LogP contribution in [0.3, 0.4) is 0 Å². The summed E-state index contributed by atoms with van der Waals surface area (Å²) in [5, 5.41) is 3.11. The number of amides is 2. The van der Waals surface area contributed by atoms with Crippen LogP contribution in [0.2, 0.25) is 0 Å². The topological polar surface area (TPSA) is 49.4 Å². The molecule has 3 fully saturated rings. The van der Waals surface area contributed by atoms with Crippen molar-refractivity contribution in [2.45, 2.75) is 50.6 Å². The standard InChI is InChI=1S/C19H24N2O2/c22-18(20-16-9-10-16)15-8-11-17(13-4-2-1-3-5-13)21(12-15)19(23)14-6-7-14/h1-5,14-17H,6-12H2,(H,20,22). The van der Waals surface area contributed by atoms with Gasteiger partial charge in [-0.2, -0.15) is 0 Å². The highest BCUT2D eigenvalue weighted by atomic mass is 16.2. The molecule has 1 heterocycles. The fraction of sp³-hybridized carbons (Fsp3) is 0.579. The molecule has 0 bridgehead atoms. The molecule has 122 valence electrons. The van der Waals surface area contributed by atoms with Gasteiger partial charge in [0.1, 0.15) is 0 Å². The maximum atomic E-state index is 12.7.